The highest BCUT2D eigenvalue weighted by Crippen LogP contribution is 2.23. The van der Waals surface area contributed by atoms with Crippen molar-refractivity contribution in [3.8, 4) is 0 Å². The van der Waals surface area contributed by atoms with E-state index in [1.54, 1.807) is 0 Å². The second-order valence-electron chi connectivity index (χ2n) is 6.16. The molecule has 0 amide bonds. The zero-order valence-electron chi connectivity index (χ0n) is 11.9. The number of aryl methyl sites for hydroxylation is 1. The molecule has 0 heterocycles. The summed E-state index contributed by atoms with van der Waals surface area (Å²) < 4.78 is 0. The standard InChI is InChI=1S/C16H26N2/c1-13-5-4-6-14(11-13)16(2,3)12-17-9-10-18-15-7-8-15/h4-6,11,15,17-18H,7-10,12H2,1-3H3. The topological polar surface area (TPSA) is 24.1 Å². The van der Waals surface area contributed by atoms with Crippen molar-refractivity contribution in [1.29, 1.82) is 0 Å². The molecule has 1 aliphatic rings. The van der Waals surface area contributed by atoms with E-state index in [1.807, 2.05) is 0 Å². The highest BCUT2D eigenvalue weighted by molar-refractivity contribution is 5.28. The maximum Gasteiger partial charge on any atom is 0.00793 e. The second kappa shape index (κ2) is 5.85. The average molecular weight is 246 g/mol. The molecule has 0 aliphatic heterocycles. The van der Waals surface area contributed by atoms with Gasteiger partial charge in [0.15, 0.2) is 0 Å². The van der Waals surface area contributed by atoms with Crippen LogP contribution in [0, 0.1) is 6.92 Å². The average Bonchev–Trinajstić information content (AvgIpc) is 3.12. The van der Waals surface area contributed by atoms with Gasteiger partial charge in [-0.3, -0.25) is 0 Å². The molecule has 1 fully saturated rings. The molecule has 0 unspecified atom stereocenters. The van der Waals surface area contributed by atoms with E-state index in [2.05, 4.69) is 55.7 Å². The van der Waals surface area contributed by atoms with E-state index < -0.39 is 0 Å². The van der Waals surface area contributed by atoms with Crippen molar-refractivity contribution in [1.82, 2.24) is 10.6 Å². The normalized spacial score (nSPS) is 15.9. The minimum absolute atomic E-state index is 0.200. The molecular weight excluding hydrogens is 220 g/mol. The molecule has 0 bridgehead atoms. The lowest BCUT2D eigenvalue weighted by atomic mass is 9.84. The van der Waals surface area contributed by atoms with Gasteiger partial charge >= 0.3 is 0 Å². The molecule has 100 valence electrons. The Morgan fingerprint density at radius 1 is 1.22 bits per heavy atom. The minimum Gasteiger partial charge on any atom is -0.315 e. The maximum atomic E-state index is 3.56. The summed E-state index contributed by atoms with van der Waals surface area (Å²) >= 11 is 0. The number of rotatable bonds is 7. The van der Waals surface area contributed by atoms with Gasteiger partial charge in [-0.15, -0.1) is 0 Å². The number of benzene rings is 1. The van der Waals surface area contributed by atoms with Gasteiger partial charge in [-0.1, -0.05) is 43.7 Å². The van der Waals surface area contributed by atoms with E-state index in [0.717, 1.165) is 25.7 Å². The van der Waals surface area contributed by atoms with Crippen LogP contribution in [-0.2, 0) is 5.41 Å². The Morgan fingerprint density at radius 2 is 2.00 bits per heavy atom. The lowest BCUT2D eigenvalue weighted by Gasteiger charge is -2.26. The molecule has 1 aromatic rings. The molecule has 2 heteroatoms. The molecule has 0 radical (unpaired) electrons. The first-order valence-corrected chi connectivity index (χ1v) is 7.09. The van der Waals surface area contributed by atoms with Gasteiger partial charge in [0.1, 0.15) is 0 Å². The van der Waals surface area contributed by atoms with Gasteiger partial charge < -0.3 is 10.6 Å². The lowest BCUT2D eigenvalue weighted by Crippen LogP contribution is -2.37. The van der Waals surface area contributed by atoms with Crippen LogP contribution in [0.1, 0.15) is 37.8 Å². The largest absolute Gasteiger partial charge is 0.315 e. The lowest BCUT2D eigenvalue weighted by molar-refractivity contribution is 0.464. The van der Waals surface area contributed by atoms with Crippen molar-refractivity contribution in [2.75, 3.05) is 19.6 Å². The van der Waals surface area contributed by atoms with Gasteiger partial charge in [0.2, 0.25) is 0 Å². The predicted molar refractivity (Wildman–Crippen MR) is 78.1 cm³/mol. The van der Waals surface area contributed by atoms with E-state index in [4.69, 9.17) is 0 Å². The molecule has 0 saturated heterocycles. The third kappa shape index (κ3) is 4.11. The van der Waals surface area contributed by atoms with Gasteiger partial charge in [0.05, 0.1) is 0 Å². The number of hydrogen-bond donors (Lipinski definition) is 2. The smallest absolute Gasteiger partial charge is 0.00793 e. The monoisotopic (exact) mass is 246 g/mol. The van der Waals surface area contributed by atoms with Crippen LogP contribution in [0.3, 0.4) is 0 Å². The molecule has 1 saturated carbocycles. The molecular formula is C16H26N2. The van der Waals surface area contributed by atoms with Gasteiger partial charge in [0.25, 0.3) is 0 Å². The summed E-state index contributed by atoms with van der Waals surface area (Å²) in [6, 6.07) is 9.66. The molecule has 18 heavy (non-hydrogen) atoms. The SMILES string of the molecule is Cc1cccc(C(C)(C)CNCCNC2CC2)c1. The summed E-state index contributed by atoms with van der Waals surface area (Å²) in [4.78, 5) is 0. The molecule has 2 rings (SSSR count). The first kappa shape index (κ1) is 13.6. The number of hydrogen-bond acceptors (Lipinski definition) is 2. The summed E-state index contributed by atoms with van der Waals surface area (Å²) in [5, 5.41) is 7.09. The summed E-state index contributed by atoms with van der Waals surface area (Å²) in [5.41, 5.74) is 2.96. The van der Waals surface area contributed by atoms with Crippen molar-refractivity contribution in [3.05, 3.63) is 35.4 Å². The quantitative estimate of drug-likeness (QED) is 0.723. The Morgan fingerprint density at radius 3 is 2.67 bits per heavy atom. The molecule has 0 atom stereocenters. The van der Waals surface area contributed by atoms with Gasteiger partial charge in [0, 0.05) is 31.1 Å². The zero-order chi connectivity index (χ0) is 13.0. The van der Waals surface area contributed by atoms with E-state index >= 15 is 0 Å². The Kier molecular flexibility index (Phi) is 4.41. The maximum absolute atomic E-state index is 3.56. The van der Waals surface area contributed by atoms with Crippen molar-refractivity contribution >= 4 is 0 Å². The van der Waals surface area contributed by atoms with E-state index in [0.29, 0.717) is 0 Å². The van der Waals surface area contributed by atoms with E-state index in [9.17, 15) is 0 Å². The summed E-state index contributed by atoms with van der Waals surface area (Å²) in [6.45, 7) is 9.96. The Bertz CT molecular complexity index is 380. The van der Waals surface area contributed by atoms with Crippen LogP contribution in [0.15, 0.2) is 24.3 Å². The van der Waals surface area contributed by atoms with Crippen LogP contribution in [0.25, 0.3) is 0 Å². The van der Waals surface area contributed by atoms with Gasteiger partial charge in [-0.05, 0) is 25.3 Å². The zero-order valence-corrected chi connectivity index (χ0v) is 11.9. The first-order chi connectivity index (χ1) is 8.58. The summed E-state index contributed by atoms with van der Waals surface area (Å²) in [6.07, 6.45) is 2.74. The Labute approximate surface area is 111 Å². The third-order valence-corrected chi connectivity index (χ3v) is 3.68. The van der Waals surface area contributed by atoms with Crippen molar-refractivity contribution in [3.63, 3.8) is 0 Å². The second-order valence-corrected chi connectivity index (χ2v) is 6.16. The van der Waals surface area contributed by atoms with Crippen LogP contribution in [-0.4, -0.2) is 25.7 Å². The van der Waals surface area contributed by atoms with Crippen LogP contribution in [0.5, 0.6) is 0 Å². The van der Waals surface area contributed by atoms with Crippen molar-refractivity contribution < 1.29 is 0 Å². The highest BCUT2D eigenvalue weighted by atomic mass is 15.0. The van der Waals surface area contributed by atoms with Gasteiger partial charge in [-0.25, -0.2) is 0 Å². The fourth-order valence-corrected chi connectivity index (χ4v) is 2.22. The minimum atomic E-state index is 0.200. The molecule has 2 nitrogen and oxygen atoms in total. The summed E-state index contributed by atoms with van der Waals surface area (Å²) in [7, 11) is 0. The molecule has 1 aliphatic carbocycles. The van der Waals surface area contributed by atoms with E-state index in [1.165, 1.54) is 24.0 Å². The third-order valence-electron chi connectivity index (χ3n) is 3.68. The fourth-order valence-electron chi connectivity index (χ4n) is 2.22. The summed E-state index contributed by atoms with van der Waals surface area (Å²) in [5.74, 6) is 0. The Hall–Kier alpha value is -0.860. The van der Waals surface area contributed by atoms with Crippen LogP contribution < -0.4 is 10.6 Å². The highest BCUT2D eigenvalue weighted by Gasteiger charge is 2.21. The van der Waals surface area contributed by atoms with Gasteiger partial charge in [-0.2, -0.15) is 0 Å². The van der Waals surface area contributed by atoms with Crippen molar-refractivity contribution in [2.45, 2.75) is 45.1 Å². The van der Waals surface area contributed by atoms with E-state index in [-0.39, 0.29) is 5.41 Å². The first-order valence-electron chi connectivity index (χ1n) is 7.09. The van der Waals surface area contributed by atoms with Crippen molar-refractivity contribution in [2.24, 2.45) is 0 Å². The molecule has 1 aromatic carbocycles. The van der Waals surface area contributed by atoms with Crippen LogP contribution in [0.4, 0.5) is 0 Å². The van der Waals surface area contributed by atoms with Crippen LogP contribution in [0.2, 0.25) is 0 Å². The number of nitrogens with one attached hydrogen (secondary N) is 2. The predicted octanol–water partition coefficient (Wildman–Crippen LogP) is 2.61. The van der Waals surface area contributed by atoms with Crippen LogP contribution >= 0.6 is 0 Å². The Balaban J connectivity index is 1.75. The molecule has 0 aromatic heterocycles. The fraction of sp³-hybridized carbons (Fsp3) is 0.625. The molecule has 0 spiro atoms. The molecule has 2 N–H and O–H groups in total.